The number of hydrogen-bond acceptors (Lipinski definition) is 8. The third-order valence-electron chi connectivity index (χ3n) is 6.38. The molecule has 0 N–H and O–H groups in total. The van der Waals surface area contributed by atoms with E-state index in [1.807, 2.05) is 30.3 Å². The van der Waals surface area contributed by atoms with Crippen LogP contribution in [0.4, 0.5) is 4.39 Å². The standard InChI is InChI=1S/C32H27FN2O6S/c1-3-39-26(36)19-41-24-12-8-9-20(17-24)18-25-30(37)35-29(22-13-15-23(33)16-14-22)27(31(38)40-4-2)28(34-32(35)42-25)21-10-6-5-7-11-21/h5-18,29H,3-4,19H2,1-2H3/b25-18-/t29-/m1/s1. The second-order valence-electron chi connectivity index (χ2n) is 9.15. The Balaban J connectivity index is 1.67. The highest BCUT2D eigenvalue weighted by Crippen LogP contribution is 2.35. The minimum atomic E-state index is -0.905. The van der Waals surface area contributed by atoms with Crippen LogP contribution >= 0.6 is 11.3 Å². The molecule has 2 heterocycles. The monoisotopic (exact) mass is 586 g/mol. The number of fused-ring (bicyclic) bond motifs is 1. The van der Waals surface area contributed by atoms with E-state index in [4.69, 9.17) is 19.2 Å². The first-order valence-electron chi connectivity index (χ1n) is 13.3. The normalized spacial score (nSPS) is 14.6. The van der Waals surface area contributed by atoms with Gasteiger partial charge in [0.25, 0.3) is 5.56 Å². The average Bonchev–Trinajstić information content (AvgIpc) is 3.30. The van der Waals surface area contributed by atoms with Gasteiger partial charge in [0.05, 0.1) is 35.1 Å². The number of ether oxygens (including phenoxy) is 3. The van der Waals surface area contributed by atoms with Crippen LogP contribution in [0.15, 0.2) is 94.2 Å². The number of hydrogen-bond donors (Lipinski definition) is 0. The molecule has 1 aromatic heterocycles. The number of benzene rings is 3. The quantitative estimate of drug-likeness (QED) is 0.275. The van der Waals surface area contributed by atoms with Crippen molar-refractivity contribution in [3.63, 3.8) is 0 Å². The zero-order chi connectivity index (χ0) is 29.6. The molecule has 42 heavy (non-hydrogen) atoms. The third-order valence-corrected chi connectivity index (χ3v) is 7.36. The van der Waals surface area contributed by atoms with Crippen molar-refractivity contribution in [1.29, 1.82) is 0 Å². The van der Waals surface area contributed by atoms with Crippen LogP contribution in [-0.4, -0.2) is 36.3 Å². The second-order valence-corrected chi connectivity index (χ2v) is 10.2. The lowest BCUT2D eigenvalue weighted by atomic mass is 9.93. The molecule has 0 spiro atoms. The summed E-state index contributed by atoms with van der Waals surface area (Å²) in [5.41, 5.74) is 2.06. The van der Waals surface area contributed by atoms with Crippen LogP contribution in [0, 0.1) is 5.82 Å². The van der Waals surface area contributed by atoms with E-state index in [9.17, 15) is 18.8 Å². The Kier molecular flexibility index (Phi) is 8.73. The van der Waals surface area contributed by atoms with Gasteiger partial charge in [-0.15, -0.1) is 0 Å². The fraction of sp³-hybridized carbons (Fsp3) is 0.188. The maximum atomic E-state index is 14.0. The Morgan fingerprint density at radius 1 is 0.976 bits per heavy atom. The van der Waals surface area contributed by atoms with Gasteiger partial charge >= 0.3 is 11.9 Å². The lowest BCUT2D eigenvalue weighted by Gasteiger charge is -2.25. The molecule has 0 amide bonds. The van der Waals surface area contributed by atoms with Gasteiger partial charge in [-0.05, 0) is 55.3 Å². The SMILES string of the molecule is CCOC(=O)COc1cccc(/C=c2\sc3n(c2=O)[C@H](c2ccc(F)cc2)C(C(=O)OCC)=C(c2ccccc2)N=3)c1. The lowest BCUT2D eigenvalue weighted by Crippen LogP contribution is -2.40. The molecule has 0 saturated carbocycles. The largest absolute Gasteiger partial charge is 0.482 e. The topological polar surface area (TPSA) is 96.2 Å². The zero-order valence-electron chi connectivity index (χ0n) is 22.9. The molecule has 214 valence electrons. The van der Waals surface area contributed by atoms with Crippen molar-refractivity contribution in [3.8, 4) is 5.75 Å². The Morgan fingerprint density at radius 2 is 1.71 bits per heavy atom. The highest BCUT2D eigenvalue weighted by atomic mass is 32.1. The number of halogens is 1. The highest BCUT2D eigenvalue weighted by molar-refractivity contribution is 7.07. The van der Waals surface area contributed by atoms with Crippen molar-refractivity contribution in [2.24, 2.45) is 4.99 Å². The van der Waals surface area contributed by atoms with Crippen molar-refractivity contribution in [1.82, 2.24) is 4.57 Å². The van der Waals surface area contributed by atoms with Crippen LogP contribution in [0.3, 0.4) is 0 Å². The molecule has 5 rings (SSSR count). The molecule has 8 nitrogen and oxygen atoms in total. The summed E-state index contributed by atoms with van der Waals surface area (Å²) in [7, 11) is 0. The Morgan fingerprint density at radius 3 is 2.43 bits per heavy atom. The highest BCUT2D eigenvalue weighted by Gasteiger charge is 2.35. The lowest BCUT2D eigenvalue weighted by molar-refractivity contribution is -0.145. The van der Waals surface area contributed by atoms with Gasteiger partial charge < -0.3 is 14.2 Å². The first-order valence-corrected chi connectivity index (χ1v) is 14.1. The molecule has 0 unspecified atom stereocenters. The minimum Gasteiger partial charge on any atom is -0.482 e. The molecule has 1 aliphatic rings. The van der Waals surface area contributed by atoms with Crippen LogP contribution in [-0.2, 0) is 19.1 Å². The molecule has 0 fully saturated rings. The van der Waals surface area contributed by atoms with E-state index < -0.39 is 23.8 Å². The van der Waals surface area contributed by atoms with Crippen LogP contribution in [0.5, 0.6) is 5.75 Å². The molecule has 3 aromatic carbocycles. The number of esters is 2. The number of thiazole rings is 1. The summed E-state index contributed by atoms with van der Waals surface area (Å²) in [6.07, 6.45) is 1.69. The predicted octanol–water partition coefficient (Wildman–Crippen LogP) is 4.02. The number of carbonyl (C=O) groups is 2. The Bertz CT molecular complexity index is 1830. The zero-order valence-corrected chi connectivity index (χ0v) is 23.7. The summed E-state index contributed by atoms with van der Waals surface area (Å²) in [6.45, 7) is 3.56. The van der Waals surface area contributed by atoms with Crippen molar-refractivity contribution < 1.29 is 28.2 Å². The number of rotatable bonds is 9. The number of nitrogens with zero attached hydrogens (tertiary/aromatic N) is 2. The van der Waals surface area contributed by atoms with Crippen molar-refractivity contribution >= 4 is 35.0 Å². The molecule has 10 heteroatoms. The van der Waals surface area contributed by atoms with Gasteiger partial charge in [-0.2, -0.15) is 0 Å². The van der Waals surface area contributed by atoms with Gasteiger partial charge in [-0.3, -0.25) is 9.36 Å². The molecule has 1 aliphatic heterocycles. The van der Waals surface area contributed by atoms with Crippen molar-refractivity contribution in [2.45, 2.75) is 19.9 Å². The van der Waals surface area contributed by atoms with E-state index >= 15 is 0 Å². The molecule has 0 aliphatic carbocycles. The van der Waals surface area contributed by atoms with E-state index in [0.29, 0.717) is 37.5 Å². The minimum absolute atomic E-state index is 0.125. The molecule has 0 radical (unpaired) electrons. The van der Waals surface area contributed by atoms with Gasteiger partial charge in [-0.1, -0.05) is 65.9 Å². The summed E-state index contributed by atoms with van der Waals surface area (Å²) in [6, 6.07) is 20.9. The summed E-state index contributed by atoms with van der Waals surface area (Å²) in [5.74, 6) is -1.11. The number of aromatic nitrogens is 1. The Labute approximate surface area is 244 Å². The van der Waals surface area contributed by atoms with Gasteiger partial charge in [0.2, 0.25) is 0 Å². The van der Waals surface area contributed by atoms with Crippen molar-refractivity contribution in [2.75, 3.05) is 19.8 Å². The predicted molar refractivity (Wildman–Crippen MR) is 156 cm³/mol. The molecule has 0 saturated heterocycles. The van der Waals surface area contributed by atoms with Gasteiger partial charge in [0.15, 0.2) is 11.4 Å². The smallest absolute Gasteiger partial charge is 0.344 e. The van der Waals surface area contributed by atoms with E-state index in [1.54, 1.807) is 56.3 Å². The van der Waals surface area contributed by atoms with Gasteiger partial charge in [0.1, 0.15) is 11.6 Å². The first-order chi connectivity index (χ1) is 20.4. The maximum absolute atomic E-state index is 14.0. The van der Waals surface area contributed by atoms with Crippen LogP contribution < -0.4 is 19.6 Å². The van der Waals surface area contributed by atoms with Crippen LogP contribution in [0.2, 0.25) is 0 Å². The Hall–Kier alpha value is -4.83. The molecular formula is C32H27FN2O6S. The van der Waals surface area contributed by atoms with Gasteiger partial charge in [-0.25, -0.2) is 19.0 Å². The van der Waals surface area contributed by atoms with E-state index in [1.165, 1.54) is 28.0 Å². The molecule has 1 atom stereocenters. The summed E-state index contributed by atoms with van der Waals surface area (Å²) in [4.78, 5) is 44.3. The van der Waals surface area contributed by atoms with E-state index in [-0.39, 0.29) is 31.0 Å². The fourth-order valence-corrected chi connectivity index (χ4v) is 5.59. The first kappa shape index (κ1) is 28.7. The van der Waals surface area contributed by atoms with E-state index in [2.05, 4.69) is 0 Å². The maximum Gasteiger partial charge on any atom is 0.344 e. The van der Waals surface area contributed by atoms with Gasteiger partial charge in [0, 0.05) is 5.56 Å². The average molecular weight is 587 g/mol. The third kappa shape index (κ3) is 6.08. The number of carbonyl (C=O) groups excluding carboxylic acids is 2. The fourth-order valence-electron chi connectivity index (χ4n) is 4.59. The summed E-state index contributed by atoms with van der Waals surface area (Å²) < 4.78 is 31.6. The van der Waals surface area contributed by atoms with E-state index in [0.717, 1.165) is 0 Å². The molecule has 0 bridgehead atoms. The van der Waals surface area contributed by atoms with Crippen molar-refractivity contribution in [3.05, 3.63) is 127 Å². The van der Waals surface area contributed by atoms with Crippen LogP contribution in [0.1, 0.15) is 36.6 Å². The van der Waals surface area contributed by atoms with Crippen LogP contribution in [0.25, 0.3) is 11.8 Å². The second kappa shape index (κ2) is 12.8. The molecular weight excluding hydrogens is 559 g/mol. The summed E-state index contributed by atoms with van der Waals surface area (Å²) in [5, 5.41) is 0. The summed E-state index contributed by atoms with van der Waals surface area (Å²) >= 11 is 1.17. The molecule has 4 aromatic rings.